The zero-order valence-electron chi connectivity index (χ0n) is 12.9. The zero-order chi connectivity index (χ0) is 14.4. The summed E-state index contributed by atoms with van der Waals surface area (Å²) in [5, 5.41) is 13.3. The molecule has 1 aliphatic carbocycles. The van der Waals surface area contributed by atoms with E-state index in [0.29, 0.717) is 6.04 Å². The first-order valence-electron chi connectivity index (χ1n) is 8.12. The number of nitrogens with one attached hydrogen (secondary N) is 1. The first kappa shape index (κ1) is 15.5. The fourth-order valence-corrected chi connectivity index (χ4v) is 3.39. The molecular weight excluding hydrogens is 246 g/mol. The largest absolute Gasteiger partial charge is 0.394 e. The molecule has 0 bridgehead atoms. The molecular formula is C18H29NO. The van der Waals surface area contributed by atoms with Gasteiger partial charge in [0, 0.05) is 6.04 Å². The topological polar surface area (TPSA) is 32.3 Å². The van der Waals surface area contributed by atoms with Gasteiger partial charge in [0.05, 0.1) is 12.6 Å². The summed E-state index contributed by atoms with van der Waals surface area (Å²) in [6.07, 6.45) is 6.49. The van der Waals surface area contributed by atoms with Crippen molar-refractivity contribution in [3.05, 3.63) is 35.9 Å². The van der Waals surface area contributed by atoms with Crippen LogP contribution in [0.1, 0.15) is 57.6 Å². The van der Waals surface area contributed by atoms with Gasteiger partial charge in [-0.1, -0.05) is 57.0 Å². The maximum absolute atomic E-state index is 9.66. The van der Waals surface area contributed by atoms with E-state index in [1.165, 1.54) is 37.7 Å². The van der Waals surface area contributed by atoms with Crippen LogP contribution < -0.4 is 5.32 Å². The third kappa shape index (κ3) is 4.32. The van der Waals surface area contributed by atoms with Crippen molar-refractivity contribution in [2.45, 2.75) is 58.0 Å². The number of benzene rings is 1. The fraction of sp³-hybridized carbons (Fsp3) is 0.667. The van der Waals surface area contributed by atoms with E-state index in [1.807, 2.05) is 18.2 Å². The average Bonchev–Trinajstić information content (AvgIpc) is 2.71. The van der Waals surface area contributed by atoms with Gasteiger partial charge >= 0.3 is 0 Å². The molecule has 2 heteroatoms. The molecule has 3 unspecified atom stereocenters. The minimum atomic E-state index is 0.0804. The standard InChI is InChI=1S/C18H29NO/c1-14(2)15-9-6-10-17(12-11-15)19-18(13-20)16-7-4-3-5-8-16/h3-5,7-8,14-15,17-20H,6,9-13H2,1-2H3. The van der Waals surface area contributed by atoms with Gasteiger partial charge in [0.2, 0.25) is 0 Å². The molecule has 0 radical (unpaired) electrons. The Morgan fingerprint density at radius 3 is 2.50 bits per heavy atom. The lowest BCUT2D eigenvalue weighted by molar-refractivity contribution is 0.227. The molecule has 112 valence electrons. The van der Waals surface area contributed by atoms with Crippen LogP contribution in [0.3, 0.4) is 0 Å². The van der Waals surface area contributed by atoms with Gasteiger partial charge in [0.1, 0.15) is 0 Å². The third-order valence-electron chi connectivity index (χ3n) is 4.78. The fourth-order valence-electron chi connectivity index (χ4n) is 3.39. The first-order chi connectivity index (χ1) is 9.70. The molecule has 3 atom stereocenters. The van der Waals surface area contributed by atoms with Gasteiger partial charge in [-0.25, -0.2) is 0 Å². The van der Waals surface area contributed by atoms with Crippen molar-refractivity contribution in [1.29, 1.82) is 0 Å². The van der Waals surface area contributed by atoms with Gasteiger partial charge in [0.15, 0.2) is 0 Å². The van der Waals surface area contributed by atoms with Crippen LogP contribution in [-0.2, 0) is 0 Å². The molecule has 0 saturated heterocycles. The normalized spacial score (nSPS) is 25.4. The Bertz CT molecular complexity index is 376. The summed E-state index contributed by atoms with van der Waals surface area (Å²) in [6, 6.07) is 10.9. The van der Waals surface area contributed by atoms with Crippen LogP contribution in [0.2, 0.25) is 0 Å². The predicted molar refractivity (Wildman–Crippen MR) is 84.6 cm³/mol. The van der Waals surface area contributed by atoms with Crippen LogP contribution in [0, 0.1) is 11.8 Å². The maximum Gasteiger partial charge on any atom is 0.0626 e. The minimum absolute atomic E-state index is 0.0804. The molecule has 1 fully saturated rings. The second kappa shape index (κ2) is 7.80. The van der Waals surface area contributed by atoms with Gasteiger partial charge in [-0.2, -0.15) is 0 Å². The van der Waals surface area contributed by atoms with Gasteiger partial charge in [-0.3, -0.25) is 0 Å². The molecule has 2 nitrogen and oxygen atoms in total. The van der Waals surface area contributed by atoms with E-state index >= 15 is 0 Å². The number of rotatable bonds is 5. The molecule has 0 heterocycles. The SMILES string of the molecule is CC(C)C1CCCC(NC(CO)c2ccccc2)CC1. The van der Waals surface area contributed by atoms with E-state index in [-0.39, 0.29) is 12.6 Å². The summed E-state index contributed by atoms with van der Waals surface area (Å²) in [6.45, 7) is 4.87. The van der Waals surface area contributed by atoms with E-state index in [0.717, 1.165) is 11.8 Å². The van der Waals surface area contributed by atoms with E-state index in [4.69, 9.17) is 0 Å². The molecule has 20 heavy (non-hydrogen) atoms. The van der Waals surface area contributed by atoms with Gasteiger partial charge in [0.25, 0.3) is 0 Å². The molecule has 0 amide bonds. The second-order valence-electron chi connectivity index (χ2n) is 6.52. The molecule has 1 aromatic rings. The van der Waals surface area contributed by atoms with Crippen LogP contribution in [0.5, 0.6) is 0 Å². The van der Waals surface area contributed by atoms with Crippen LogP contribution in [0.25, 0.3) is 0 Å². The number of hydrogen-bond donors (Lipinski definition) is 2. The lowest BCUT2D eigenvalue weighted by Gasteiger charge is -2.24. The average molecular weight is 275 g/mol. The van der Waals surface area contributed by atoms with Gasteiger partial charge in [-0.15, -0.1) is 0 Å². The Labute approximate surface area is 123 Å². The van der Waals surface area contributed by atoms with Gasteiger partial charge in [-0.05, 0) is 36.7 Å². The molecule has 1 saturated carbocycles. The van der Waals surface area contributed by atoms with Crippen LogP contribution >= 0.6 is 0 Å². The zero-order valence-corrected chi connectivity index (χ0v) is 12.9. The summed E-state index contributed by atoms with van der Waals surface area (Å²) >= 11 is 0. The highest BCUT2D eigenvalue weighted by atomic mass is 16.3. The third-order valence-corrected chi connectivity index (χ3v) is 4.78. The molecule has 0 spiro atoms. The van der Waals surface area contributed by atoms with Crippen LogP contribution in [0.15, 0.2) is 30.3 Å². The van der Waals surface area contributed by atoms with Crippen LogP contribution in [-0.4, -0.2) is 17.8 Å². The molecule has 0 aromatic heterocycles. The lowest BCUT2D eigenvalue weighted by Crippen LogP contribution is -2.34. The van der Waals surface area contributed by atoms with Gasteiger partial charge < -0.3 is 10.4 Å². The Balaban J connectivity index is 1.91. The smallest absolute Gasteiger partial charge is 0.0626 e. The number of aliphatic hydroxyl groups excluding tert-OH is 1. The Morgan fingerprint density at radius 2 is 1.85 bits per heavy atom. The predicted octanol–water partition coefficient (Wildman–Crippen LogP) is 3.91. The van der Waals surface area contributed by atoms with Crippen molar-refractivity contribution in [2.75, 3.05) is 6.61 Å². The summed E-state index contributed by atoms with van der Waals surface area (Å²) < 4.78 is 0. The van der Waals surface area contributed by atoms with E-state index in [9.17, 15) is 5.11 Å². The number of aliphatic hydroxyl groups is 1. The molecule has 1 aromatic carbocycles. The molecule has 2 N–H and O–H groups in total. The minimum Gasteiger partial charge on any atom is -0.394 e. The monoisotopic (exact) mass is 275 g/mol. The Kier molecular flexibility index (Phi) is 6.06. The first-order valence-corrected chi connectivity index (χ1v) is 8.12. The van der Waals surface area contributed by atoms with Crippen molar-refractivity contribution in [1.82, 2.24) is 5.32 Å². The Morgan fingerprint density at radius 1 is 1.10 bits per heavy atom. The molecule has 1 aliphatic rings. The quantitative estimate of drug-likeness (QED) is 0.798. The van der Waals surface area contributed by atoms with Crippen molar-refractivity contribution < 1.29 is 5.11 Å². The van der Waals surface area contributed by atoms with Crippen LogP contribution in [0.4, 0.5) is 0 Å². The maximum atomic E-state index is 9.66. The molecule has 2 rings (SSSR count). The second-order valence-corrected chi connectivity index (χ2v) is 6.52. The lowest BCUT2D eigenvalue weighted by atomic mass is 9.89. The highest BCUT2D eigenvalue weighted by Crippen LogP contribution is 2.29. The Hall–Kier alpha value is -0.860. The summed E-state index contributed by atoms with van der Waals surface area (Å²) in [7, 11) is 0. The van der Waals surface area contributed by atoms with Crippen molar-refractivity contribution in [2.24, 2.45) is 11.8 Å². The summed E-state index contributed by atoms with van der Waals surface area (Å²) in [4.78, 5) is 0. The van der Waals surface area contributed by atoms with E-state index in [2.05, 4.69) is 31.3 Å². The summed E-state index contributed by atoms with van der Waals surface area (Å²) in [5.41, 5.74) is 1.19. The highest BCUT2D eigenvalue weighted by molar-refractivity contribution is 5.19. The number of hydrogen-bond acceptors (Lipinski definition) is 2. The van der Waals surface area contributed by atoms with E-state index in [1.54, 1.807) is 0 Å². The highest BCUT2D eigenvalue weighted by Gasteiger charge is 2.23. The van der Waals surface area contributed by atoms with Crippen molar-refractivity contribution in [3.8, 4) is 0 Å². The molecule has 0 aliphatic heterocycles. The van der Waals surface area contributed by atoms with Crippen molar-refractivity contribution >= 4 is 0 Å². The van der Waals surface area contributed by atoms with E-state index < -0.39 is 0 Å². The summed E-state index contributed by atoms with van der Waals surface area (Å²) in [5.74, 6) is 1.68. The van der Waals surface area contributed by atoms with Crippen molar-refractivity contribution in [3.63, 3.8) is 0 Å².